The number of aromatic nitrogens is 2. The molecule has 2 aromatic rings. The van der Waals surface area contributed by atoms with E-state index < -0.39 is 23.6 Å². The topological polar surface area (TPSA) is 25.8 Å². The molecule has 136 valence electrons. The molecule has 0 fully saturated rings. The number of nitrogens with zero attached hydrogens (tertiary/aromatic N) is 2. The highest BCUT2D eigenvalue weighted by Crippen LogP contribution is 2.37. The van der Waals surface area contributed by atoms with Crippen LogP contribution in [0.3, 0.4) is 0 Å². The minimum atomic E-state index is -4.65. The summed E-state index contributed by atoms with van der Waals surface area (Å²) < 4.78 is 77.4. The summed E-state index contributed by atoms with van der Waals surface area (Å²) in [6.07, 6.45) is -7.92. The van der Waals surface area contributed by atoms with Gasteiger partial charge in [0.25, 0.3) is 0 Å². The van der Waals surface area contributed by atoms with Crippen LogP contribution in [-0.4, -0.2) is 15.7 Å². The van der Waals surface area contributed by atoms with Crippen LogP contribution in [0.15, 0.2) is 29.3 Å². The maximum Gasteiger partial charge on any atom is 0.433 e. The molecule has 0 atom stereocenters. The summed E-state index contributed by atoms with van der Waals surface area (Å²) in [5.41, 5.74) is -1.70. The lowest BCUT2D eigenvalue weighted by atomic mass is 10.1. The molecule has 0 saturated heterocycles. The smallest absolute Gasteiger partial charge is 0.253 e. The third kappa shape index (κ3) is 4.65. The lowest BCUT2D eigenvalue weighted by Gasteiger charge is -2.15. The van der Waals surface area contributed by atoms with Gasteiger partial charge >= 0.3 is 12.4 Å². The van der Waals surface area contributed by atoms with Gasteiger partial charge in [-0.15, -0.1) is 11.8 Å². The van der Waals surface area contributed by atoms with Crippen molar-refractivity contribution in [2.45, 2.75) is 37.5 Å². The van der Waals surface area contributed by atoms with E-state index >= 15 is 0 Å². The van der Waals surface area contributed by atoms with Gasteiger partial charge in [0.15, 0.2) is 0 Å². The Labute approximate surface area is 144 Å². The number of alkyl halides is 6. The molecular formula is C16H14F6N2S. The van der Waals surface area contributed by atoms with Crippen LogP contribution < -0.4 is 0 Å². The zero-order valence-corrected chi connectivity index (χ0v) is 14.1. The van der Waals surface area contributed by atoms with Gasteiger partial charge in [0, 0.05) is 11.1 Å². The van der Waals surface area contributed by atoms with Crippen LogP contribution in [0.25, 0.3) is 11.4 Å². The fourth-order valence-corrected chi connectivity index (χ4v) is 2.95. The minimum absolute atomic E-state index is 0.0232. The molecule has 0 spiro atoms. The Bertz CT molecular complexity index is 755. The van der Waals surface area contributed by atoms with Crippen LogP contribution in [0.4, 0.5) is 26.3 Å². The first-order chi connectivity index (χ1) is 11.5. The van der Waals surface area contributed by atoms with Gasteiger partial charge in [-0.25, -0.2) is 4.98 Å². The fraction of sp³-hybridized carbons (Fsp3) is 0.375. The molecule has 25 heavy (non-hydrogen) atoms. The Hall–Kier alpha value is -1.77. The van der Waals surface area contributed by atoms with E-state index in [1.54, 1.807) is 0 Å². The average molecular weight is 380 g/mol. The van der Waals surface area contributed by atoms with Gasteiger partial charge in [0.1, 0.15) is 11.4 Å². The Morgan fingerprint density at radius 1 is 1.00 bits per heavy atom. The molecule has 0 unspecified atom stereocenters. The zero-order chi connectivity index (χ0) is 18.8. The molecule has 0 aliphatic heterocycles. The highest BCUT2D eigenvalue weighted by atomic mass is 32.2. The molecular weight excluding hydrogens is 366 g/mol. The first-order valence-corrected chi connectivity index (χ1v) is 8.28. The number of pyridine rings is 2. The van der Waals surface area contributed by atoms with Crippen molar-refractivity contribution in [1.82, 2.24) is 9.97 Å². The van der Waals surface area contributed by atoms with E-state index in [0.717, 1.165) is 23.9 Å². The number of hydrogen-bond acceptors (Lipinski definition) is 3. The van der Waals surface area contributed by atoms with Gasteiger partial charge in [0.05, 0.1) is 11.3 Å². The Morgan fingerprint density at radius 2 is 1.68 bits per heavy atom. The van der Waals surface area contributed by atoms with Crippen molar-refractivity contribution in [3.63, 3.8) is 0 Å². The Kier molecular flexibility index (Phi) is 5.65. The third-order valence-corrected chi connectivity index (χ3v) is 4.49. The summed E-state index contributed by atoms with van der Waals surface area (Å²) in [6.45, 7) is 3.39. The van der Waals surface area contributed by atoms with Gasteiger partial charge in [-0.05, 0) is 36.8 Å². The monoisotopic (exact) mass is 380 g/mol. The van der Waals surface area contributed by atoms with Crippen molar-refractivity contribution < 1.29 is 26.3 Å². The molecule has 2 nitrogen and oxygen atoms in total. The number of aryl methyl sites for hydroxylation is 1. The number of halogens is 6. The summed E-state index contributed by atoms with van der Waals surface area (Å²) in [7, 11) is 0. The lowest BCUT2D eigenvalue weighted by Crippen LogP contribution is -2.10. The van der Waals surface area contributed by atoms with E-state index in [1.807, 2.05) is 6.92 Å². The van der Waals surface area contributed by atoms with Crippen molar-refractivity contribution in [3.05, 3.63) is 41.2 Å². The standard InChI is InChI=1S/C16H14F6N2S/c1-3-6-25-11-7-10(15(17,18)19)8-23-14(11)13-9(2)4-5-12(24-13)16(20,21)22/h4-5,7-8H,3,6H2,1-2H3. The van der Waals surface area contributed by atoms with Gasteiger partial charge in [-0.3, -0.25) is 4.98 Å². The summed E-state index contributed by atoms with van der Waals surface area (Å²) in [4.78, 5) is 7.53. The molecule has 0 aromatic carbocycles. The Balaban J connectivity index is 2.61. The van der Waals surface area contributed by atoms with E-state index in [-0.39, 0.29) is 16.3 Å². The van der Waals surface area contributed by atoms with Crippen LogP contribution in [0.1, 0.15) is 30.2 Å². The number of rotatable bonds is 4. The summed E-state index contributed by atoms with van der Waals surface area (Å²) in [5.74, 6) is 0.508. The zero-order valence-electron chi connectivity index (χ0n) is 13.3. The Morgan fingerprint density at radius 3 is 2.24 bits per heavy atom. The van der Waals surface area contributed by atoms with Crippen LogP contribution in [-0.2, 0) is 12.4 Å². The molecule has 0 saturated carbocycles. The van der Waals surface area contributed by atoms with E-state index in [9.17, 15) is 26.3 Å². The van der Waals surface area contributed by atoms with Crippen molar-refractivity contribution in [1.29, 1.82) is 0 Å². The quantitative estimate of drug-likeness (QED) is 0.481. The van der Waals surface area contributed by atoms with E-state index in [0.29, 0.717) is 23.9 Å². The van der Waals surface area contributed by atoms with Crippen molar-refractivity contribution >= 4 is 11.8 Å². The minimum Gasteiger partial charge on any atom is -0.253 e. The van der Waals surface area contributed by atoms with Crippen LogP contribution >= 0.6 is 11.8 Å². The van der Waals surface area contributed by atoms with Gasteiger partial charge in [0.2, 0.25) is 0 Å². The molecule has 9 heteroatoms. The largest absolute Gasteiger partial charge is 0.433 e. The second-order valence-electron chi connectivity index (χ2n) is 5.28. The molecule has 0 amide bonds. The predicted molar refractivity (Wildman–Crippen MR) is 83.2 cm³/mol. The van der Waals surface area contributed by atoms with Crippen LogP contribution in [0.2, 0.25) is 0 Å². The highest BCUT2D eigenvalue weighted by Gasteiger charge is 2.34. The second-order valence-corrected chi connectivity index (χ2v) is 6.41. The normalized spacial score (nSPS) is 12.5. The van der Waals surface area contributed by atoms with Crippen LogP contribution in [0, 0.1) is 6.92 Å². The maximum atomic E-state index is 12.9. The van der Waals surface area contributed by atoms with E-state index in [2.05, 4.69) is 9.97 Å². The van der Waals surface area contributed by atoms with E-state index in [4.69, 9.17) is 0 Å². The maximum absolute atomic E-state index is 12.9. The molecule has 0 aliphatic rings. The van der Waals surface area contributed by atoms with Gasteiger partial charge in [-0.1, -0.05) is 13.0 Å². The summed E-state index contributed by atoms with van der Waals surface area (Å²) in [6, 6.07) is 2.98. The highest BCUT2D eigenvalue weighted by molar-refractivity contribution is 7.99. The van der Waals surface area contributed by atoms with Gasteiger partial charge < -0.3 is 0 Å². The summed E-state index contributed by atoms with van der Waals surface area (Å²) in [5, 5.41) is 0. The fourth-order valence-electron chi connectivity index (χ4n) is 2.03. The molecule has 0 radical (unpaired) electrons. The molecule has 2 heterocycles. The molecule has 0 bridgehead atoms. The van der Waals surface area contributed by atoms with Crippen molar-refractivity contribution in [2.75, 3.05) is 5.75 Å². The molecule has 2 aromatic heterocycles. The van der Waals surface area contributed by atoms with E-state index in [1.165, 1.54) is 13.0 Å². The first kappa shape index (κ1) is 19.6. The number of thioether (sulfide) groups is 1. The average Bonchev–Trinajstić information content (AvgIpc) is 2.51. The number of hydrogen-bond donors (Lipinski definition) is 0. The van der Waals surface area contributed by atoms with Crippen LogP contribution in [0.5, 0.6) is 0 Å². The SMILES string of the molecule is CCCSc1cc(C(F)(F)F)cnc1-c1nc(C(F)(F)F)ccc1C. The summed E-state index contributed by atoms with van der Waals surface area (Å²) >= 11 is 1.11. The second kappa shape index (κ2) is 7.23. The van der Waals surface area contributed by atoms with Crippen molar-refractivity contribution in [2.24, 2.45) is 0 Å². The van der Waals surface area contributed by atoms with Crippen molar-refractivity contribution in [3.8, 4) is 11.4 Å². The molecule has 2 rings (SSSR count). The third-order valence-electron chi connectivity index (χ3n) is 3.25. The molecule has 0 aliphatic carbocycles. The first-order valence-electron chi connectivity index (χ1n) is 7.29. The molecule has 0 N–H and O–H groups in total. The lowest BCUT2D eigenvalue weighted by molar-refractivity contribution is -0.141. The predicted octanol–water partition coefficient (Wildman–Crippen LogP) is 5.99. The van der Waals surface area contributed by atoms with Gasteiger partial charge in [-0.2, -0.15) is 26.3 Å².